The molecule has 2 N–H and O–H groups in total. The summed E-state index contributed by atoms with van der Waals surface area (Å²) in [4.78, 5) is 27.2. The third-order valence-electron chi connectivity index (χ3n) is 6.57. The fourth-order valence-electron chi connectivity index (χ4n) is 4.63. The normalized spacial score (nSPS) is 16.6. The fourth-order valence-corrected chi connectivity index (χ4v) is 4.63. The highest BCUT2D eigenvalue weighted by Gasteiger charge is 2.26. The summed E-state index contributed by atoms with van der Waals surface area (Å²) in [5.41, 5.74) is 1.77. The Morgan fingerprint density at radius 1 is 1.11 bits per heavy atom. The van der Waals surface area contributed by atoms with Crippen molar-refractivity contribution in [2.75, 3.05) is 19.6 Å². The van der Waals surface area contributed by atoms with E-state index in [4.69, 9.17) is 4.74 Å². The molecule has 4 aromatic rings. The van der Waals surface area contributed by atoms with Crippen molar-refractivity contribution in [3.8, 4) is 5.75 Å². The molecule has 0 spiro atoms. The van der Waals surface area contributed by atoms with Crippen LogP contribution in [0, 0.1) is 5.82 Å². The molecule has 2 atom stereocenters. The van der Waals surface area contributed by atoms with Crippen molar-refractivity contribution in [1.82, 2.24) is 20.4 Å². The number of para-hydroxylation sites is 1. The zero-order valence-electron chi connectivity index (χ0n) is 19.9. The average molecular weight is 487 g/mol. The number of hydrogen-bond donors (Lipinski definition) is 2. The summed E-state index contributed by atoms with van der Waals surface area (Å²) in [5.74, 6) is -0.297. The van der Waals surface area contributed by atoms with Gasteiger partial charge in [-0.1, -0.05) is 54.6 Å². The summed E-state index contributed by atoms with van der Waals surface area (Å²) in [7, 11) is 0. The van der Waals surface area contributed by atoms with Crippen LogP contribution in [0.1, 0.15) is 35.8 Å². The van der Waals surface area contributed by atoms with Crippen molar-refractivity contribution in [3.63, 3.8) is 0 Å². The maximum absolute atomic E-state index is 14.6. The van der Waals surface area contributed by atoms with E-state index in [0.29, 0.717) is 48.2 Å². The maximum atomic E-state index is 14.6. The predicted molar refractivity (Wildman–Crippen MR) is 135 cm³/mol. The first-order valence-corrected chi connectivity index (χ1v) is 12.0. The summed E-state index contributed by atoms with van der Waals surface area (Å²) < 4.78 is 20.8. The fraction of sp³-hybridized carbons (Fsp3) is 0.250. The lowest BCUT2D eigenvalue weighted by Gasteiger charge is -2.25. The van der Waals surface area contributed by atoms with Crippen LogP contribution in [0.4, 0.5) is 4.39 Å². The van der Waals surface area contributed by atoms with Crippen LogP contribution < -0.4 is 15.6 Å². The molecule has 2 heterocycles. The first-order chi connectivity index (χ1) is 17.5. The smallest absolute Gasteiger partial charge is 0.272 e. The molecule has 7 nitrogen and oxygen atoms in total. The monoisotopic (exact) mass is 486 g/mol. The van der Waals surface area contributed by atoms with Gasteiger partial charge in [-0.25, -0.2) is 9.49 Å². The van der Waals surface area contributed by atoms with Crippen molar-refractivity contribution in [1.29, 1.82) is 0 Å². The zero-order valence-corrected chi connectivity index (χ0v) is 19.9. The minimum Gasteiger partial charge on any atom is -0.484 e. The van der Waals surface area contributed by atoms with E-state index in [1.807, 2.05) is 30.3 Å². The topological polar surface area (TPSA) is 87.3 Å². The van der Waals surface area contributed by atoms with Crippen LogP contribution in [0.3, 0.4) is 0 Å². The van der Waals surface area contributed by atoms with Gasteiger partial charge in [0.1, 0.15) is 17.7 Å². The van der Waals surface area contributed by atoms with Crippen molar-refractivity contribution in [2.45, 2.75) is 25.5 Å². The summed E-state index contributed by atoms with van der Waals surface area (Å²) in [6.07, 6.45) is -0.471. The molecule has 0 radical (unpaired) electrons. The lowest BCUT2D eigenvalue weighted by atomic mass is 10.0. The molecular formula is C28H27FN4O3. The number of ether oxygens (including phenoxy) is 1. The Morgan fingerprint density at radius 2 is 1.83 bits per heavy atom. The highest BCUT2D eigenvalue weighted by molar-refractivity contribution is 5.90. The molecule has 1 aliphatic rings. The molecule has 3 aromatic carbocycles. The van der Waals surface area contributed by atoms with Crippen LogP contribution in [-0.4, -0.2) is 40.6 Å². The SMILES string of the molecule is C[C@H](C(=O)NCCN1Cc2ccccc2O[C@H](c2ccccc2F)C1)c1n[nH]c(=O)c2ccccc12. The number of benzene rings is 3. The molecule has 5 rings (SSSR count). The van der Waals surface area contributed by atoms with Gasteiger partial charge < -0.3 is 10.1 Å². The Balaban J connectivity index is 1.29. The number of nitrogens with one attached hydrogen (secondary N) is 2. The molecule has 1 aliphatic heterocycles. The van der Waals surface area contributed by atoms with E-state index in [2.05, 4.69) is 20.4 Å². The van der Waals surface area contributed by atoms with Gasteiger partial charge in [0.05, 0.1) is 17.0 Å². The van der Waals surface area contributed by atoms with E-state index in [9.17, 15) is 14.0 Å². The van der Waals surface area contributed by atoms with E-state index in [0.717, 1.165) is 11.3 Å². The number of carbonyl (C=O) groups is 1. The van der Waals surface area contributed by atoms with Crippen LogP contribution in [0.25, 0.3) is 10.8 Å². The standard InChI is InChI=1S/C28H27FN4O3/c1-18(26-20-9-3-4-10-21(20)28(35)32-31-26)27(34)30-14-15-33-16-19-8-2-7-13-24(19)36-25(17-33)22-11-5-6-12-23(22)29/h2-13,18,25H,14-17H2,1H3,(H,30,34)(H,32,35)/t18-,25-/m0/s1. The Morgan fingerprint density at radius 3 is 2.67 bits per heavy atom. The number of H-pyrrole nitrogens is 1. The van der Waals surface area contributed by atoms with Crippen molar-refractivity contribution < 1.29 is 13.9 Å². The van der Waals surface area contributed by atoms with Crippen molar-refractivity contribution in [3.05, 3.63) is 106 Å². The summed E-state index contributed by atoms with van der Waals surface area (Å²) >= 11 is 0. The number of carbonyl (C=O) groups excluding carboxylic acids is 1. The van der Waals surface area contributed by atoms with Crippen LogP contribution in [0.5, 0.6) is 5.75 Å². The van der Waals surface area contributed by atoms with Gasteiger partial charge >= 0.3 is 0 Å². The Hall–Kier alpha value is -4.04. The molecule has 184 valence electrons. The van der Waals surface area contributed by atoms with Gasteiger partial charge in [-0.3, -0.25) is 14.5 Å². The molecule has 36 heavy (non-hydrogen) atoms. The number of aromatic amines is 1. The number of rotatable bonds is 6. The highest BCUT2D eigenvalue weighted by atomic mass is 19.1. The van der Waals surface area contributed by atoms with Gasteiger partial charge in [-0.05, 0) is 25.1 Å². The quantitative estimate of drug-likeness (QED) is 0.432. The van der Waals surface area contributed by atoms with E-state index in [1.165, 1.54) is 6.07 Å². The Kier molecular flexibility index (Phi) is 6.77. The number of amides is 1. The van der Waals surface area contributed by atoms with Crippen LogP contribution in [0.15, 0.2) is 77.6 Å². The maximum Gasteiger partial charge on any atom is 0.272 e. The lowest BCUT2D eigenvalue weighted by molar-refractivity contribution is -0.122. The van der Waals surface area contributed by atoms with Crippen LogP contribution in [-0.2, 0) is 11.3 Å². The summed E-state index contributed by atoms with van der Waals surface area (Å²) in [6.45, 7) is 3.83. The molecule has 1 amide bonds. The van der Waals surface area contributed by atoms with Gasteiger partial charge in [0, 0.05) is 42.7 Å². The second-order valence-electron chi connectivity index (χ2n) is 8.97. The lowest BCUT2D eigenvalue weighted by Crippen LogP contribution is -2.38. The second-order valence-corrected chi connectivity index (χ2v) is 8.97. The van der Waals surface area contributed by atoms with Gasteiger partial charge in [-0.15, -0.1) is 0 Å². The van der Waals surface area contributed by atoms with Crippen molar-refractivity contribution in [2.24, 2.45) is 0 Å². The highest BCUT2D eigenvalue weighted by Crippen LogP contribution is 2.32. The minimum atomic E-state index is -0.550. The van der Waals surface area contributed by atoms with E-state index in [-0.39, 0.29) is 17.3 Å². The number of hydrogen-bond acceptors (Lipinski definition) is 5. The van der Waals surface area contributed by atoms with Crippen LogP contribution in [0.2, 0.25) is 0 Å². The van der Waals surface area contributed by atoms with Gasteiger partial charge in [0.25, 0.3) is 5.56 Å². The molecule has 0 saturated heterocycles. The Bertz CT molecular complexity index is 1450. The van der Waals surface area contributed by atoms with Gasteiger partial charge in [0.2, 0.25) is 5.91 Å². The van der Waals surface area contributed by atoms with E-state index < -0.39 is 12.0 Å². The first kappa shape index (κ1) is 23.7. The minimum absolute atomic E-state index is 0.183. The molecule has 0 aliphatic carbocycles. The van der Waals surface area contributed by atoms with Crippen LogP contribution >= 0.6 is 0 Å². The third kappa shape index (κ3) is 4.85. The third-order valence-corrected chi connectivity index (χ3v) is 6.57. The molecule has 1 aromatic heterocycles. The summed E-state index contributed by atoms with van der Waals surface area (Å²) in [6, 6.07) is 21.5. The van der Waals surface area contributed by atoms with Crippen molar-refractivity contribution >= 4 is 16.7 Å². The molecule has 0 unspecified atom stereocenters. The number of nitrogens with zero attached hydrogens (tertiary/aromatic N) is 2. The molecule has 0 fully saturated rings. The van der Waals surface area contributed by atoms with Gasteiger partial charge in [0.15, 0.2) is 0 Å². The number of fused-ring (bicyclic) bond motifs is 2. The first-order valence-electron chi connectivity index (χ1n) is 12.0. The molecule has 0 bridgehead atoms. The van der Waals surface area contributed by atoms with E-state index in [1.54, 1.807) is 43.3 Å². The molecular weight excluding hydrogens is 459 g/mol. The van der Waals surface area contributed by atoms with E-state index >= 15 is 0 Å². The largest absolute Gasteiger partial charge is 0.484 e. The van der Waals surface area contributed by atoms with Gasteiger partial charge in [-0.2, -0.15) is 5.10 Å². The number of aromatic nitrogens is 2. The number of halogens is 1. The zero-order chi connectivity index (χ0) is 25.1. The summed E-state index contributed by atoms with van der Waals surface area (Å²) in [5, 5.41) is 10.8. The Labute approximate surface area is 207 Å². The predicted octanol–water partition coefficient (Wildman–Crippen LogP) is 3.92. The molecule has 0 saturated carbocycles. The average Bonchev–Trinajstić information content (AvgIpc) is 3.08. The molecule has 8 heteroatoms. The second kappa shape index (κ2) is 10.3.